The summed E-state index contributed by atoms with van der Waals surface area (Å²) in [6.45, 7) is 0. The monoisotopic (exact) mass is 254 g/mol. The zero-order chi connectivity index (χ0) is 13.4. The Labute approximate surface area is 108 Å². The highest BCUT2D eigenvalue weighted by Gasteiger charge is 2.11. The largest absolute Gasteiger partial charge is 0.478 e. The van der Waals surface area contributed by atoms with Crippen molar-refractivity contribution in [2.75, 3.05) is 5.73 Å². The maximum atomic E-state index is 11.0. The second kappa shape index (κ2) is 4.09. The van der Waals surface area contributed by atoms with Crippen molar-refractivity contribution in [2.24, 2.45) is 0 Å². The molecule has 0 atom stereocenters. The lowest BCUT2D eigenvalue weighted by Crippen LogP contribution is -2.00. The highest BCUT2D eigenvalue weighted by atomic mass is 16.4. The van der Waals surface area contributed by atoms with E-state index in [0.717, 1.165) is 0 Å². The van der Waals surface area contributed by atoms with E-state index >= 15 is 0 Å². The minimum atomic E-state index is -0.983. The molecule has 6 nitrogen and oxygen atoms in total. The molecule has 6 heteroatoms. The molecule has 0 fully saturated rings. The fourth-order valence-corrected chi connectivity index (χ4v) is 1.94. The summed E-state index contributed by atoms with van der Waals surface area (Å²) in [4.78, 5) is 11.0. The summed E-state index contributed by atoms with van der Waals surface area (Å²) in [6, 6.07) is 11.8. The van der Waals surface area contributed by atoms with E-state index in [1.54, 1.807) is 40.8 Å². The van der Waals surface area contributed by atoms with Gasteiger partial charge < -0.3 is 10.8 Å². The molecule has 0 bridgehead atoms. The van der Waals surface area contributed by atoms with E-state index in [9.17, 15) is 4.79 Å². The fourth-order valence-electron chi connectivity index (χ4n) is 1.94. The van der Waals surface area contributed by atoms with Crippen molar-refractivity contribution in [2.45, 2.75) is 0 Å². The number of carboxylic acid groups (broad SMARTS) is 1. The standard InChI is InChI=1S/C13H10N4O2/c14-10-5-2-6-11-15-16-12(17(10)11)8-3-1-4-9(7-8)13(18)19/h1-7H,14H2,(H,18,19). The predicted molar refractivity (Wildman–Crippen MR) is 69.8 cm³/mol. The van der Waals surface area contributed by atoms with E-state index in [1.807, 2.05) is 0 Å². The van der Waals surface area contributed by atoms with Crippen molar-refractivity contribution in [1.82, 2.24) is 14.6 Å². The molecular weight excluding hydrogens is 244 g/mol. The van der Waals surface area contributed by atoms with Crippen LogP contribution < -0.4 is 5.73 Å². The highest BCUT2D eigenvalue weighted by molar-refractivity contribution is 5.89. The van der Waals surface area contributed by atoms with Crippen LogP contribution in [0, 0.1) is 0 Å². The van der Waals surface area contributed by atoms with Gasteiger partial charge in [-0.15, -0.1) is 10.2 Å². The number of pyridine rings is 1. The van der Waals surface area contributed by atoms with E-state index in [1.165, 1.54) is 6.07 Å². The molecule has 3 rings (SSSR count). The van der Waals surface area contributed by atoms with Crippen LogP contribution in [0.1, 0.15) is 10.4 Å². The van der Waals surface area contributed by atoms with Gasteiger partial charge in [-0.3, -0.25) is 4.40 Å². The lowest BCUT2D eigenvalue weighted by Gasteiger charge is -2.04. The first-order chi connectivity index (χ1) is 9.16. The average molecular weight is 254 g/mol. The third kappa shape index (κ3) is 1.79. The smallest absolute Gasteiger partial charge is 0.335 e. The van der Waals surface area contributed by atoms with Gasteiger partial charge in [-0.2, -0.15) is 0 Å². The molecule has 0 spiro atoms. The van der Waals surface area contributed by atoms with Gasteiger partial charge in [-0.05, 0) is 24.3 Å². The number of nitrogen functional groups attached to an aromatic ring is 1. The summed E-state index contributed by atoms with van der Waals surface area (Å²) in [5, 5.41) is 17.1. The van der Waals surface area contributed by atoms with Crippen LogP contribution >= 0.6 is 0 Å². The quantitative estimate of drug-likeness (QED) is 0.725. The number of carbonyl (C=O) groups is 1. The van der Waals surface area contributed by atoms with Gasteiger partial charge in [0.2, 0.25) is 0 Å². The van der Waals surface area contributed by atoms with Gasteiger partial charge >= 0.3 is 5.97 Å². The second-order valence-electron chi connectivity index (χ2n) is 4.05. The van der Waals surface area contributed by atoms with E-state index in [4.69, 9.17) is 10.8 Å². The lowest BCUT2D eigenvalue weighted by molar-refractivity contribution is 0.0697. The van der Waals surface area contributed by atoms with Gasteiger partial charge in [0, 0.05) is 5.56 Å². The van der Waals surface area contributed by atoms with Crippen molar-refractivity contribution in [3.63, 3.8) is 0 Å². The molecule has 0 aliphatic rings. The maximum Gasteiger partial charge on any atom is 0.335 e. The average Bonchev–Trinajstić information content (AvgIpc) is 2.84. The molecular formula is C13H10N4O2. The SMILES string of the molecule is Nc1cccc2nnc(-c3cccc(C(=O)O)c3)n12. The summed E-state index contributed by atoms with van der Waals surface area (Å²) in [6.07, 6.45) is 0. The molecule has 3 aromatic rings. The number of rotatable bonds is 2. The molecule has 0 aliphatic carbocycles. The minimum Gasteiger partial charge on any atom is -0.478 e. The Morgan fingerprint density at radius 1 is 1.16 bits per heavy atom. The molecule has 3 N–H and O–H groups in total. The van der Waals surface area contributed by atoms with Crippen LogP contribution in [0.4, 0.5) is 5.82 Å². The van der Waals surface area contributed by atoms with E-state index in [-0.39, 0.29) is 5.56 Å². The van der Waals surface area contributed by atoms with Crippen molar-refractivity contribution in [1.29, 1.82) is 0 Å². The zero-order valence-corrected chi connectivity index (χ0v) is 9.82. The predicted octanol–water partition coefficient (Wildman–Crippen LogP) is 1.68. The first-order valence-corrected chi connectivity index (χ1v) is 5.60. The lowest BCUT2D eigenvalue weighted by atomic mass is 10.1. The van der Waals surface area contributed by atoms with Crippen LogP contribution in [-0.2, 0) is 0 Å². The molecule has 0 saturated heterocycles. The van der Waals surface area contributed by atoms with Crippen LogP contribution in [0.5, 0.6) is 0 Å². The Bertz CT molecular complexity index is 779. The molecule has 2 aromatic heterocycles. The molecule has 94 valence electrons. The molecule has 0 amide bonds. The number of aromatic carboxylic acids is 1. The Balaban J connectivity index is 2.25. The normalized spacial score (nSPS) is 10.7. The van der Waals surface area contributed by atoms with E-state index in [2.05, 4.69) is 10.2 Å². The Morgan fingerprint density at radius 2 is 1.95 bits per heavy atom. The van der Waals surface area contributed by atoms with Gasteiger partial charge in [-0.25, -0.2) is 4.79 Å². The van der Waals surface area contributed by atoms with E-state index < -0.39 is 5.97 Å². The van der Waals surface area contributed by atoms with Crippen molar-refractivity contribution >= 4 is 17.4 Å². The van der Waals surface area contributed by atoms with Crippen molar-refractivity contribution in [3.8, 4) is 11.4 Å². The highest BCUT2D eigenvalue weighted by Crippen LogP contribution is 2.21. The number of hydrogen-bond acceptors (Lipinski definition) is 4. The van der Waals surface area contributed by atoms with Gasteiger partial charge in [0.1, 0.15) is 5.82 Å². The Morgan fingerprint density at radius 3 is 2.74 bits per heavy atom. The van der Waals surface area contributed by atoms with Crippen molar-refractivity contribution < 1.29 is 9.90 Å². The molecule has 1 aromatic carbocycles. The minimum absolute atomic E-state index is 0.198. The summed E-state index contributed by atoms with van der Waals surface area (Å²) >= 11 is 0. The summed E-state index contributed by atoms with van der Waals surface area (Å²) in [7, 11) is 0. The van der Waals surface area contributed by atoms with Crippen LogP contribution in [0.2, 0.25) is 0 Å². The molecule has 0 radical (unpaired) electrons. The molecule has 0 unspecified atom stereocenters. The van der Waals surface area contributed by atoms with E-state index in [0.29, 0.717) is 22.9 Å². The molecule has 0 saturated carbocycles. The van der Waals surface area contributed by atoms with Crippen molar-refractivity contribution in [3.05, 3.63) is 48.0 Å². The number of anilines is 1. The number of hydrogen-bond donors (Lipinski definition) is 2. The number of fused-ring (bicyclic) bond motifs is 1. The first kappa shape index (κ1) is 11.2. The fraction of sp³-hybridized carbons (Fsp3) is 0. The first-order valence-electron chi connectivity index (χ1n) is 5.60. The number of nitrogens with zero attached hydrogens (tertiary/aromatic N) is 3. The number of nitrogens with two attached hydrogens (primary N) is 1. The molecule has 2 heterocycles. The third-order valence-electron chi connectivity index (χ3n) is 2.83. The summed E-state index contributed by atoms with van der Waals surface area (Å²) < 4.78 is 1.68. The second-order valence-corrected chi connectivity index (χ2v) is 4.05. The topological polar surface area (TPSA) is 93.5 Å². The van der Waals surface area contributed by atoms with Crippen LogP contribution in [0.15, 0.2) is 42.5 Å². The Kier molecular flexibility index (Phi) is 2.42. The number of aromatic nitrogens is 3. The summed E-state index contributed by atoms with van der Waals surface area (Å²) in [5.41, 5.74) is 7.38. The van der Waals surface area contributed by atoms with Crippen LogP contribution in [0.3, 0.4) is 0 Å². The van der Waals surface area contributed by atoms with Gasteiger partial charge in [0.05, 0.1) is 5.56 Å². The number of carboxylic acids is 1. The maximum absolute atomic E-state index is 11.0. The van der Waals surface area contributed by atoms with Gasteiger partial charge in [-0.1, -0.05) is 18.2 Å². The zero-order valence-electron chi connectivity index (χ0n) is 9.82. The molecule has 19 heavy (non-hydrogen) atoms. The number of benzene rings is 1. The van der Waals surface area contributed by atoms with Gasteiger partial charge in [0.25, 0.3) is 0 Å². The van der Waals surface area contributed by atoms with Gasteiger partial charge in [0.15, 0.2) is 11.5 Å². The Hall–Kier alpha value is -2.89. The van der Waals surface area contributed by atoms with Crippen LogP contribution in [0.25, 0.3) is 17.0 Å². The third-order valence-corrected chi connectivity index (χ3v) is 2.83. The summed E-state index contributed by atoms with van der Waals surface area (Å²) in [5.74, 6) is 0.0399. The van der Waals surface area contributed by atoms with Crippen LogP contribution in [-0.4, -0.2) is 25.7 Å². The molecule has 0 aliphatic heterocycles.